The Bertz CT molecular complexity index is 170. The molecule has 0 aliphatic carbocycles. The normalized spacial score (nSPS) is 13.1. The van der Waals surface area contributed by atoms with Crippen molar-refractivity contribution >= 4 is 7.28 Å². The van der Waals surface area contributed by atoms with Gasteiger partial charge in [-0.15, -0.1) is 5.98 Å². The van der Waals surface area contributed by atoms with E-state index in [4.69, 9.17) is 5.26 Å². The molecule has 0 unspecified atom stereocenters. The predicted octanol–water partition coefficient (Wildman–Crippen LogP) is -2.53. The standard InChI is InChI=1S/C5H4BN.Na.H/c7-4-5-2-1-3-6-5;;/h1-3,6H;;/q;+1;-1. The molecule has 0 saturated carbocycles. The van der Waals surface area contributed by atoms with Crippen molar-refractivity contribution in [1.29, 1.82) is 5.26 Å². The second-order valence-corrected chi connectivity index (χ2v) is 1.44. The summed E-state index contributed by atoms with van der Waals surface area (Å²) in [6.07, 6.45) is 3.73. The zero-order valence-electron chi connectivity index (χ0n) is 5.89. The second kappa shape index (κ2) is 3.97. The van der Waals surface area contributed by atoms with E-state index in [1.807, 2.05) is 18.1 Å². The molecule has 0 fully saturated rings. The maximum atomic E-state index is 8.21. The molecule has 0 aromatic carbocycles. The third-order valence-corrected chi connectivity index (χ3v) is 0.915. The summed E-state index contributed by atoms with van der Waals surface area (Å²) in [7, 11) is 0.830. The molecular weight excluding hydrogens is 108 g/mol. The number of allylic oxidation sites excluding steroid dienone is 3. The van der Waals surface area contributed by atoms with Crippen molar-refractivity contribution in [2.24, 2.45) is 0 Å². The van der Waals surface area contributed by atoms with Gasteiger partial charge in [0.1, 0.15) is 0 Å². The summed E-state index contributed by atoms with van der Waals surface area (Å²) >= 11 is 0. The Kier molecular flexibility index (Phi) is 3.99. The van der Waals surface area contributed by atoms with Gasteiger partial charge in [0, 0.05) is 0 Å². The van der Waals surface area contributed by atoms with Gasteiger partial charge in [-0.2, -0.15) is 5.26 Å². The Labute approximate surface area is 73.1 Å². The third-order valence-electron chi connectivity index (χ3n) is 0.915. The molecule has 8 heavy (non-hydrogen) atoms. The third kappa shape index (κ3) is 1.87. The summed E-state index contributed by atoms with van der Waals surface area (Å²) in [5.74, 6) is 1.97. The van der Waals surface area contributed by atoms with Crippen LogP contribution < -0.4 is 29.6 Å². The van der Waals surface area contributed by atoms with Gasteiger partial charge in [0.15, 0.2) is 7.28 Å². The van der Waals surface area contributed by atoms with Gasteiger partial charge in [0.25, 0.3) is 0 Å². The van der Waals surface area contributed by atoms with Crippen molar-refractivity contribution in [2.75, 3.05) is 0 Å². The van der Waals surface area contributed by atoms with E-state index in [2.05, 4.69) is 6.07 Å². The van der Waals surface area contributed by atoms with Crippen molar-refractivity contribution in [3.8, 4) is 6.07 Å². The summed E-state index contributed by atoms with van der Waals surface area (Å²) < 4.78 is 0. The van der Waals surface area contributed by atoms with Gasteiger partial charge in [0.05, 0.1) is 6.07 Å². The fourth-order valence-corrected chi connectivity index (χ4v) is 0.530. The quantitative estimate of drug-likeness (QED) is 0.318. The molecule has 0 bridgehead atoms. The fourth-order valence-electron chi connectivity index (χ4n) is 0.530. The molecule has 0 N–H and O–H groups in total. The monoisotopic (exact) mass is 113 g/mol. The minimum atomic E-state index is 0. The van der Waals surface area contributed by atoms with Crippen LogP contribution in [0.15, 0.2) is 23.6 Å². The number of nitrogens with zero attached hydrogens (tertiary/aromatic N) is 1. The molecule has 1 aliphatic rings. The molecule has 3 heteroatoms. The van der Waals surface area contributed by atoms with Crippen molar-refractivity contribution in [3.05, 3.63) is 23.6 Å². The van der Waals surface area contributed by atoms with Crippen LogP contribution in [0.1, 0.15) is 1.43 Å². The van der Waals surface area contributed by atoms with E-state index in [0.29, 0.717) is 0 Å². The maximum absolute atomic E-state index is 8.21. The number of hydrogen-bond donors (Lipinski definition) is 0. The average Bonchev–Trinajstić information content (AvgIpc) is 2.14. The molecule has 1 rings (SSSR count). The van der Waals surface area contributed by atoms with Crippen molar-refractivity contribution in [3.63, 3.8) is 0 Å². The van der Waals surface area contributed by atoms with E-state index in [9.17, 15) is 0 Å². The molecule has 34 valence electrons. The van der Waals surface area contributed by atoms with Crippen LogP contribution in [0.3, 0.4) is 0 Å². The van der Waals surface area contributed by atoms with E-state index in [-0.39, 0.29) is 31.0 Å². The maximum Gasteiger partial charge on any atom is 1.00 e. The molecule has 0 radical (unpaired) electrons. The first-order chi connectivity index (χ1) is 3.43. The van der Waals surface area contributed by atoms with Gasteiger partial charge >= 0.3 is 29.6 Å². The van der Waals surface area contributed by atoms with Crippen LogP contribution in [0.5, 0.6) is 0 Å². The average molecular weight is 113 g/mol. The van der Waals surface area contributed by atoms with E-state index in [1.54, 1.807) is 0 Å². The van der Waals surface area contributed by atoms with E-state index in [1.165, 1.54) is 0 Å². The number of nitriles is 1. The van der Waals surface area contributed by atoms with Crippen molar-refractivity contribution < 1.29 is 31.0 Å². The first-order valence-electron chi connectivity index (χ1n) is 2.19. The SMILES string of the molecule is N#CC1=CC=CB1.[H-].[Na+]. The van der Waals surface area contributed by atoms with Crippen LogP contribution in [0.4, 0.5) is 0 Å². The zero-order valence-corrected chi connectivity index (χ0v) is 6.89. The molecule has 0 amide bonds. The van der Waals surface area contributed by atoms with Crippen LogP contribution in [0.25, 0.3) is 0 Å². The van der Waals surface area contributed by atoms with E-state index >= 15 is 0 Å². The predicted molar refractivity (Wildman–Crippen MR) is 31.1 cm³/mol. The number of hydrogen-bond acceptors (Lipinski definition) is 1. The van der Waals surface area contributed by atoms with Gasteiger partial charge in [-0.3, -0.25) is 0 Å². The van der Waals surface area contributed by atoms with Gasteiger partial charge in [-0.1, -0.05) is 12.2 Å². The topological polar surface area (TPSA) is 23.8 Å². The van der Waals surface area contributed by atoms with Crippen LogP contribution >= 0.6 is 0 Å². The van der Waals surface area contributed by atoms with Gasteiger partial charge in [-0.05, 0) is 5.47 Å². The van der Waals surface area contributed by atoms with Crippen LogP contribution in [-0.2, 0) is 0 Å². The van der Waals surface area contributed by atoms with Crippen LogP contribution in [-0.4, -0.2) is 7.28 Å². The fraction of sp³-hybridized carbons (Fsp3) is 0. The summed E-state index contributed by atoms with van der Waals surface area (Å²) in [5.41, 5.74) is 0.861. The summed E-state index contributed by atoms with van der Waals surface area (Å²) in [4.78, 5) is 0. The Balaban J connectivity index is 0. The Morgan fingerprint density at radius 2 is 2.50 bits per heavy atom. The molecule has 0 saturated heterocycles. The van der Waals surface area contributed by atoms with Crippen molar-refractivity contribution in [2.45, 2.75) is 0 Å². The molecular formula is C5H5BNNa. The molecule has 0 aromatic heterocycles. The summed E-state index contributed by atoms with van der Waals surface area (Å²) in [5, 5.41) is 8.21. The Morgan fingerprint density at radius 3 is 2.75 bits per heavy atom. The molecule has 0 atom stereocenters. The van der Waals surface area contributed by atoms with Gasteiger partial charge in [0.2, 0.25) is 0 Å². The first kappa shape index (κ1) is 8.03. The molecule has 1 heterocycles. The summed E-state index contributed by atoms with van der Waals surface area (Å²) in [6, 6.07) is 2.06. The molecule has 1 aliphatic heterocycles. The van der Waals surface area contributed by atoms with Gasteiger partial charge in [-0.25, -0.2) is 0 Å². The summed E-state index contributed by atoms with van der Waals surface area (Å²) in [6.45, 7) is 0. The Morgan fingerprint density at radius 1 is 1.75 bits per heavy atom. The molecule has 1 nitrogen and oxygen atoms in total. The van der Waals surface area contributed by atoms with Crippen LogP contribution in [0.2, 0.25) is 0 Å². The van der Waals surface area contributed by atoms with E-state index < -0.39 is 0 Å². The smallest absolute Gasteiger partial charge is 1.00 e. The van der Waals surface area contributed by atoms with Gasteiger partial charge < -0.3 is 1.43 Å². The number of rotatable bonds is 0. The van der Waals surface area contributed by atoms with E-state index in [0.717, 1.165) is 12.8 Å². The zero-order chi connectivity index (χ0) is 5.11. The Hall–Kier alpha value is 0.0349. The largest absolute Gasteiger partial charge is 1.00 e. The first-order valence-corrected chi connectivity index (χ1v) is 2.19. The second-order valence-electron chi connectivity index (χ2n) is 1.44. The molecule has 0 aromatic rings. The minimum Gasteiger partial charge on any atom is -1.00 e. The molecule has 0 spiro atoms. The minimum absolute atomic E-state index is 0. The van der Waals surface area contributed by atoms with Crippen LogP contribution in [0, 0.1) is 11.3 Å². The van der Waals surface area contributed by atoms with Crippen molar-refractivity contribution in [1.82, 2.24) is 0 Å².